The zero-order valence-corrected chi connectivity index (χ0v) is 48.4. The monoisotopic (exact) mass is 1320 g/mol. The Hall–Kier alpha value is -2.95. The largest absolute Gasteiger partial charge is 0.394 e. The van der Waals surface area contributed by atoms with Crippen LogP contribution in [-0.4, -0.2) is 394 Å². The van der Waals surface area contributed by atoms with Gasteiger partial charge in [-0.05, 0) is 6.92 Å². The average Bonchev–Trinajstić information content (AvgIpc) is 0.824. The van der Waals surface area contributed by atoms with Crippen LogP contribution < -0.4 is 16.0 Å². The predicted octanol–water partition coefficient (Wildman–Crippen LogP) is -15.8. The van der Waals surface area contributed by atoms with E-state index >= 15 is 0 Å². The highest BCUT2D eigenvalue weighted by Gasteiger charge is 2.60. The fourth-order valence-corrected chi connectivity index (χ4v) is 11.3. The molecule has 0 spiro atoms. The van der Waals surface area contributed by atoms with E-state index in [0.29, 0.717) is 0 Å². The number of hydrogen-bond acceptors (Lipinski definition) is 37. The Labute approximate surface area is 510 Å². The zero-order chi connectivity index (χ0) is 66.3. The summed E-state index contributed by atoms with van der Waals surface area (Å²) in [6, 6.07) is -4.82. The van der Waals surface area contributed by atoms with E-state index in [1.165, 1.54) is 6.92 Å². The second-order valence-electron chi connectivity index (χ2n) is 22.5. The number of hydrogen-bond donors (Lipinski definition) is 23. The van der Waals surface area contributed by atoms with Crippen LogP contribution in [0.15, 0.2) is 0 Å². The van der Waals surface area contributed by atoms with Gasteiger partial charge in [-0.25, -0.2) is 0 Å². The molecule has 0 saturated carbocycles. The van der Waals surface area contributed by atoms with Gasteiger partial charge < -0.3 is 184 Å². The Kier molecular flexibility index (Phi) is 27.4. The van der Waals surface area contributed by atoms with Gasteiger partial charge in [0.25, 0.3) is 0 Å². The molecule has 0 aromatic rings. The molecule has 0 unspecified atom stereocenters. The molecular formula is C50H85N3O37. The molecule has 36 atom stereocenters. The maximum atomic E-state index is 13.4. The van der Waals surface area contributed by atoms with Crippen LogP contribution >= 0.6 is 0 Å². The van der Waals surface area contributed by atoms with Gasteiger partial charge in [0, 0.05) is 13.8 Å². The SMILES string of the molecule is CC(=O)N[C@H]1[C@H](O[C@H]2[C@@H](O)[C@@H](CO)O[C@@H](O[C@@H]3[C@@H](NC(C)=O)[C@H](O[C@H]4[C@@H](O)[C@@H](CO)O[C@@H](O[C@H]5[C@H](O)[C@@H](O)[C@H](OC[C@@H](CO)NC=O)O[C@@H]5CO)[C@@H]4O)O[C@H](CO)[C@H]3O[C@@H]3O[C@@H](C)[C@@H](O)[C@@H](O)[C@@H]3O)[C@@H]2O)O[C@H](CO)[C@@H](O[C@@H]2O[C@H](CO)[C@H](O)[C@H](O)[C@H]2O)[C@@H]1O. The van der Waals surface area contributed by atoms with Crippen molar-refractivity contribution in [3.63, 3.8) is 0 Å². The molecule has 23 N–H and O–H groups in total. The summed E-state index contributed by atoms with van der Waals surface area (Å²) in [5.41, 5.74) is 0. The van der Waals surface area contributed by atoms with E-state index in [0.717, 1.165) is 13.8 Å². The molecule has 7 fully saturated rings. The van der Waals surface area contributed by atoms with Gasteiger partial charge in [0.2, 0.25) is 18.2 Å². The van der Waals surface area contributed by atoms with Gasteiger partial charge in [-0.2, -0.15) is 0 Å². The minimum absolute atomic E-state index is 0.260. The van der Waals surface area contributed by atoms with Crippen molar-refractivity contribution in [2.45, 2.75) is 242 Å². The number of aliphatic hydroxyl groups is 20. The minimum atomic E-state index is -2.39. The molecule has 0 aromatic heterocycles. The van der Waals surface area contributed by atoms with Crippen LogP contribution in [0.25, 0.3) is 0 Å². The lowest BCUT2D eigenvalue weighted by molar-refractivity contribution is -0.396. The van der Waals surface area contributed by atoms with Crippen LogP contribution in [0.3, 0.4) is 0 Å². The highest BCUT2D eigenvalue weighted by Crippen LogP contribution is 2.39. The molecule has 0 bridgehead atoms. The summed E-state index contributed by atoms with van der Waals surface area (Å²) in [5.74, 6) is -1.85. The number of amides is 3. The molecule has 40 nitrogen and oxygen atoms in total. The Morgan fingerprint density at radius 2 is 0.733 bits per heavy atom. The lowest BCUT2D eigenvalue weighted by atomic mass is 9.93. The number of rotatable bonds is 26. The van der Waals surface area contributed by atoms with Crippen molar-refractivity contribution in [1.29, 1.82) is 0 Å². The maximum Gasteiger partial charge on any atom is 0.217 e. The van der Waals surface area contributed by atoms with E-state index in [1.54, 1.807) is 0 Å². The van der Waals surface area contributed by atoms with Crippen molar-refractivity contribution in [3.8, 4) is 0 Å². The molecule has 3 amide bonds. The van der Waals surface area contributed by atoms with Gasteiger partial charge in [-0.15, -0.1) is 0 Å². The summed E-state index contributed by atoms with van der Waals surface area (Å²) >= 11 is 0. The first kappa shape index (κ1) is 74.4. The summed E-state index contributed by atoms with van der Waals surface area (Å²) in [5, 5.41) is 225. The van der Waals surface area contributed by atoms with Gasteiger partial charge in [0.15, 0.2) is 44.0 Å². The second-order valence-corrected chi connectivity index (χ2v) is 22.5. The van der Waals surface area contributed by atoms with E-state index in [4.69, 9.17) is 66.3 Å². The summed E-state index contributed by atoms with van der Waals surface area (Å²) < 4.78 is 82.1. The molecule has 7 rings (SSSR count). The van der Waals surface area contributed by atoms with Crippen LogP contribution in [0, 0.1) is 0 Å². The zero-order valence-electron chi connectivity index (χ0n) is 48.4. The second kappa shape index (κ2) is 33.1. The first-order valence-corrected chi connectivity index (χ1v) is 28.7. The molecule has 0 aliphatic carbocycles. The molecule has 40 heteroatoms. The molecular weight excluding hydrogens is 1230 g/mol. The third-order valence-corrected chi connectivity index (χ3v) is 16.3. The fraction of sp³-hybridized carbons (Fsp3) is 0.940. The number of carbonyl (C=O) groups is 3. The molecule has 522 valence electrons. The smallest absolute Gasteiger partial charge is 0.217 e. The molecule has 0 radical (unpaired) electrons. The lowest BCUT2D eigenvalue weighted by Crippen LogP contribution is -2.72. The van der Waals surface area contributed by atoms with Crippen molar-refractivity contribution in [2.75, 3.05) is 52.9 Å². The van der Waals surface area contributed by atoms with E-state index in [1.807, 2.05) is 0 Å². The summed E-state index contributed by atoms with van der Waals surface area (Å²) in [6.45, 7) is -4.19. The normalized spacial score (nSPS) is 48.1. The van der Waals surface area contributed by atoms with Crippen LogP contribution in [-0.2, 0) is 80.7 Å². The van der Waals surface area contributed by atoms with Gasteiger partial charge in [-0.3, -0.25) is 14.4 Å². The molecule has 7 aliphatic heterocycles. The quantitative estimate of drug-likeness (QED) is 0.0358. The Morgan fingerprint density at radius 1 is 0.378 bits per heavy atom. The van der Waals surface area contributed by atoms with Crippen molar-refractivity contribution in [3.05, 3.63) is 0 Å². The molecule has 90 heavy (non-hydrogen) atoms. The van der Waals surface area contributed by atoms with E-state index in [2.05, 4.69) is 16.0 Å². The average molecular weight is 1320 g/mol. The Morgan fingerprint density at radius 3 is 1.20 bits per heavy atom. The highest BCUT2D eigenvalue weighted by molar-refractivity contribution is 5.73. The Balaban J connectivity index is 1.20. The topological polar surface area (TPSA) is 621 Å². The number of aliphatic hydroxyl groups excluding tert-OH is 20. The molecule has 7 saturated heterocycles. The lowest BCUT2D eigenvalue weighted by Gasteiger charge is -2.52. The third kappa shape index (κ3) is 16.5. The summed E-state index contributed by atoms with van der Waals surface area (Å²) in [7, 11) is 0. The maximum absolute atomic E-state index is 13.4. The summed E-state index contributed by atoms with van der Waals surface area (Å²) in [4.78, 5) is 37.0. The molecule has 7 aliphatic rings. The highest BCUT2D eigenvalue weighted by atomic mass is 16.8. The fourth-order valence-electron chi connectivity index (χ4n) is 11.3. The van der Waals surface area contributed by atoms with Crippen molar-refractivity contribution >= 4 is 18.2 Å². The van der Waals surface area contributed by atoms with Crippen molar-refractivity contribution in [1.82, 2.24) is 16.0 Å². The van der Waals surface area contributed by atoms with E-state index in [9.17, 15) is 117 Å². The van der Waals surface area contributed by atoms with E-state index < -0.39 is 286 Å². The number of carbonyl (C=O) groups excluding carboxylic acids is 3. The Bertz CT molecular complexity index is 2220. The predicted molar refractivity (Wildman–Crippen MR) is 277 cm³/mol. The van der Waals surface area contributed by atoms with Crippen molar-refractivity contribution < 1.29 is 183 Å². The summed E-state index contributed by atoms with van der Waals surface area (Å²) in [6.07, 6.45) is -64.5. The van der Waals surface area contributed by atoms with Crippen LogP contribution in [0.5, 0.6) is 0 Å². The van der Waals surface area contributed by atoms with Crippen molar-refractivity contribution in [2.24, 2.45) is 0 Å². The van der Waals surface area contributed by atoms with Gasteiger partial charge in [0.1, 0.15) is 165 Å². The minimum Gasteiger partial charge on any atom is -0.394 e. The van der Waals surface area contributed by atoms with Gasteiger partial charge in [-0.1, -0.05) is 0 Å². The van der Waals surface area contributed by atoms with Crippen LogP contribution in [0.2, 0.25) is 0 Å². The van der Waals surface area contributed by atoms with Crippen LogP contribution in [0.4, 0.5) is 0 Å². The number of nitrogens with one attached hydrogen (secondary N) is 3. The van der Waals surface area contributed by atoms with Gasteiger partial charge >= 0.3 is 0 Å². The standard InChI is InChI=1S/C50H85N3O37/c1-13-25(64)30(69)33(72)47(78-13)87-40-22(10-60)83-45(90-43-28(67)18(6-56)80-49(36(43)75)86-39-21(9-59)84-46(35(74)32(39)71)77-11-16(4-54)51-12-61)24(53-15(3)63)41(40)88-50-37(76)42(27(66)19(7-57)81-50)89-44-23(52-14(2)62)29(68)38(20(8-58)82-44)85-48-34(73)31(70)26(65)17(5-55)79-48/h12-13,16-50,54-60,64-76H,4-11H2,1-3H3,(H,51,61)(H,52,62)(H,53,63)/t13-,16+,17+,18+,19+,20+,21+,22+,23+,24+,25+,26-,27-,28-,29+,30+,31-,32+,33-,34+,35+,36+,37+,38+,39+,40+,41+,42-,43-,44-,45-,46+,47-,48-,49-,50-/m0/s1. The van der Waals surface area contributed by atoms with Gasteiger partial charge in [0.05, 0.1) is 65.0 Å². The third-order valence-electron chi connectivity index (χ3n) is 16.3. The first-order valence-electron chi connectivity index (χ1n) is 28.7. The number of ether oxygens (including phenoxy) is 14. The first-order chi connectivity index (χ1) is 42.7. The molecule has 7 heterocycles. The molecule has 0 aromatic carbocycles. The van der Waals surface area contributed by atoms with Crippen LogP contribution in [0.1, 0.15) is 20.8 Å². The van der Waals surface area contributed by atoms with E-state index in [-0.39, 0.29) is 6.41 Å².